The van der Waals surface area contributed by atoms with Gasteiger partial charge in [0, 0.05) is 36.4 Å². The smallest absolute Gasteiger partial charge is 0.236 e. The molecule has 2 heterocycles. The fourth-order valence-electron chi connectivity index (χ4n) is 2.72. The van der Waals surface area contributed by atoms with Gasteiger partial charge in [0.25, 0.3) is 0 Å². The molecule has 0 amide bonds. The highest BCUT2D eigenvalue weighted by Gasteiger charge is 2.41. The third kappa shape index (κ3) is 3.36. The van der Waals surface area contributed by atoms with E-state index >= 15 is 0 Å². The van der Waals surface area contributed by atoms with Crippen molar-refractivity contribution in [2.24, 2.45) is 0 Å². The first kappa shape index (κ1) is 16.0. The standard InChI is InChI=1S/C15H18ClNO4S/c16-14-4-2-1-3-13(14)5-12-22(18,19)17-8-6-15(7-9-17)20-10-11-21-15/h1-5,12H,6-11H2/b12-5-. The number of hydrogen-bond donors (Lipinski definition) is 0. The van der Waals surface area contributed by atoms with Crippen molar-refractivity contribution in [1.82, 2.24) is 4.31 Å². The van der Waals surface area contributed by atoms with Gasteiger partial charge in [-0.1, -0.05) is 29.8 Å². The zero-order chi connectivity index (χ0) is 15.6. The summed E-state index contributed by atoms with van der Waals surface area (Å²) in [6.07, 6.45) is 2.66. The number of rotatable bonds is 3. The third-order valence-electron chi connectivity index (χ3n) is 3.98. The van der Waals surface area contributed by atoms with Crippen LogP contribution in [0.25, 0.3) is 6.08 Å². The van der Waals surface area contributed by atoms with Crippen molar-refractivity contribution >= 4 is 27.7 Å². The summed E-state index contributed by atoms with van der Waals surface area (Å²) >= 11 is 6.03. The van der Waals surface area contributed by atoms with Gasteiger partial charge in [-0.2, -0.15) is 4.31 Å². The third-order valence-corrected chi connectivity index (χ3v) is 5.89. The molecule has 2 fully saturated rings. The van der Waals surface area contributed by atoms with E-state index in [0.717, 1.165) is 0 Å². The molecule has 0 saturated carbocycles. The summed E-state index contributed by atoms with van der Waals surface area (Å²) in [5, 5.41) is 1.74. The molecule has 0 N–H and O–H groups in total. The molecular weight excluding hydrogens is 326 g/mol. The molecule has 2 aliphatic heterocycles. The highest BCUT2D eigenvalue weighted by molar-refractivity contribution is 7.92. The van der Waals surface area contributed by atoms with Crippen LogP contribution in [0.3, 0.4) is 0 Å². The molecule has 0 radical (unpaired) electrons. The van der Waals surface area contributed by atoms with Crippen LogP contribution in [0.5, 0.6) is 0 Å². The van der Waals surface area contributed by atoms with E-state index in [1.807, 2.05) is 6.07 Å². The number of nitrogens with zero attached hydrogens (tertiary/aromatic N) is 1. The van der Waals surface area contributed by atoms with Gasteiger partial charge in [-0.25, -0.2) is 8.42 Å². The minimum atomic E-state index is -3.46. The lowest BCUT2D eigenvalue weighted by atomic mass is 10.1. The zero-order valence-electron chi connectivity index (χ0n) is 12.1. The lowest BCUT2D eigenvalue weighted by Crippen LogP contribution is -2.46. The summed E-state index contributed by atoms with van der Waals surface area (Å²) < 4.78 is 37.4. The number of sulfonamides is 1. The predicted molar refractivity (Wildman–Crippen MR) is 84.8 cm³/mol. The second-order valence-electron chi connectivity index (χ2n) is 5.38. The van der Waals surface area contributed by atoms with E-state index in [4.69, 9.17) is 21.1 Å². The Morgan fingerprint density at radius 2 is 1.77 bits per heavy atom. The Morgan fingerprint density at radius 3 is 2.41 bits per heavy atom. The number of benzene rings is 1. The first-order valence-corrected chi connectivity index (χ1v) is 9.10. The molecule has 3 rings (SSSR count). The van der Waals surface area contributed by atoms with Crippen LogP contribution in [0.4, 0.5) is 0 Å². The quantitative estimate of drug-likeness (QED) is 0.846. The van der Waals surface area contributed by atoms with Gasteiger partial charge in [-0.3, -0.25) is 0 Å². The molecule has 22 heavy (non-hydrogen) atoms. The van der Waals surface area contributed by atoms with Gasteiger partial charge in [0.2, 0.25) is 10.0 Å². The zero-order valence-corrected chi connectivity index (χ0v) is 13.6. The average Bonchev–Trinajstić information content (AvgIpc) is 2.95. The fraction of sp³-hybridized carbons (Fsp3) is 0.467. The Morgan fingerprint density at radius 1 is 1.14 bits per heavy atom. The summed E-state index contributed by atoms with van der Waals surface area (Å²) in [5.74, 6) is -0.571. The molecule has 1 aromatic rings. The van der Waals surface area contributed by atoms with Crippen LogP contribution >= 0.6 is 11.6 Å². The van der Waals surface area contributed by atoms with E-state index < -0.39 is 15.8 Å². The van der Waals surface area contributed by atoms with E-state index in [1.165, 1.54) is 15.8 Å². The molecule has 0 aliphatic carbocycles. The van der Waals surface area contributed by atoms with Crippen LogP contribution in [-0.4, -0.2) is 44.8 Å². The average molecular weight is 344 g/mol. The Hall–Kier alpha value is -0.920. The van der Waals surface area contributed by atoms with Crippen molar-refractivity contribution in [2.45, 2.75) is 18.6 Å². The van der Waals surface area contributed by atoms with Crippen molar-refractivity contribution in [3.8, 4) is 0 Å². The minimum absolute atomic E-state index is 0.398. The Labute approximate surface area is 135 Å². The van der Waals surface area contributed by atoms with Gasteiger partial charge >= 0.3 is 0 Å². The lowest BCUT2D eigenvalue weighted by molar-refractivity contribution is -0.179. The fourth-order valence-corrected chi connectivity index (χ4v) is 4.10. The van der Waals surface area contributed by atoms with Crippen molar-refractivity contribution < 1.29 is 17.9 Å². The minimum Gasteiger partial charge on any atom is -0.347 e. The van der Waals surface area contributed by atoms with E-state index in [0.29, 0.717) is 49.7 Å². The summed E-state index contributed by atoms with van der Waals surface area (Å²) in [6.45, 7) is 1.96. The molecule has 120 valence electrons. The largest absolute Gasteiger partial charge is 0.347 e. The number of halogens is 1. The molecule has 7 heteroatoms. The lowest BCUT2D eigenvalue weighted by Gasteiger charge is -2.36. The van der Waals surface area contributed by atoms with Crippen LogP contribution in [0.1, 0.15) is 18.4 Å². The Kier molecular flexibility index (Phi) is 4.56. The van der Waals surface area contributed by atoms with Gasteiger partial charge in [-0.15, -0.1) is 0 Å². The van der Waals surface area contributed by atoms with E-state index in [-0.39, 0.29) is 0 Å². The van der Waals surface area contributed by atoms with Crippen molar-refractivity contribution in [3.63, 3.8) is 0 Å². The van der Waals surface area contributed by atoms with Gasteiger partial charge in [0.1, 0.15) is 0 Å². The summed E-state index contributed by atoms with van der Waals surface area (Å²) in [7, 11) is -3.46. The molecule has 5 nitrogen and oxygen atoms in total. The molecule has 2 aliphatic rings. The van der Waals surface area contributed by atoms with Gasteiger partial charge < -0.3 is 9.47 Å². The first-order valence-electron chi connectivity index (χ1n) is 7.22. The number of ether oxygens (including phenoxy) is 2. The first-order chi connectivity index (χ1) is 10.5. The van der Waals surface area contributed by atoms with Crippen LogP contribution in [-0.2, 0) is 19.5 Å². The molecule has 1 aromatic carbocycles. The second kappa shape index (κ2) is 6.29. The van der Waals surface area contributed by atoms with Gasteiger partial charge in [-0.05, 0) is 17.7 Å². The SMILES string of the molecule is O=S(=O)(/C=C\c1ccccc1Cl)N1CCC2(CC1)OCCO2. The van der Waals surface area contributed by atoms with Crippen LogP contribution in [0.15, 0.2) is 29.7 Å². The van der Waals surface area contributed by atoms with E-state index in [1.54, 1.807) is 18.2 Å². The normalized spacial score (nSPS) is 22.6. The second-order valence-corrected chi connectivity index (χ2v) is 7.60. The maximum absolute atomic E-state index is 12.4. The maximum atomic E-state index is 12.4. The summed E-state index contributed by atoms with van der Waals surface area (Å²) in [6, 6.07) is 7.13. The van der Waals surface area contributed by atoms with E-state index in [9.17, 15) is 8.42 Å². The Bertz CT molecular complexity index is 658. The van der Waals surface area contributed by atoms with Gasteiger partial charge in [0.05, 0.1) is 13.2 Å². The topological polar surface area (TPSA) is 55.8 Å². The molecule has 0 atom stereocenters. The van der Waals surface area contributed by atoms with E-state index in [2.05, 4.69) is 0 Å². The maximum Gasteiger partial charge on any atom is 0.236 e. The number of hydrogen-bond acceptors (Lipinski definition) is 4. The van der Waals surface area contributed by atoms with Crippen molar-refractivity contribution in [3.05, 3.63) is 40.3 Å². The Balaban J connectivity index is 1.68. The summed E-state index contributed by atoms with van der Waals surface area (Å²) in [4.78, 5) is 0. The van der Waals surface area contributed by atoms with Crippen LogP contribution < -0.4 is 0 Å². The highest BCUT2D eigenvalue weighted by atomic mass is 35.5. The molecule has 2 saturated heterocycles. The van der Waals surface area contributed by atoms with Crippen LogP contribution in [0, 0.1) is 0 Å². The van der Waals surface area contributed by atoms with Crippen LogP contribution in [0.2, 0.25) is 5.02 Å². The number of piperidine rings is 1. The molecule has 0 unspecified atom stereocenters. The predicted octanol–water partition coefficient (Wildman–Crippen LogP) is 2.48. The highest BCUT2D eigenvalue weighted by Crippen LogP contribution is 2.32. The molecule has 0 aromatic heterocycles. The van der Waals surface area contributed by atoms with Gasteiger partial charge in [0.15, 0.2) is 5.79 Å². The monoisotopic (exact) mass is 343 g/mol. The van der Waals surface area contributed by atoms with Crippen molar-refractivity contribution in [2.75, 3.05) is 26.3 Å². The molecular formula is C15H18ClNO4S. The molecule has 1 spiro atoms. The molecule has 0 bridgehead atoms. The van der Waals surface area contributed by atoms with Crippen molar-refractivity contribution in [1.29, 1.82) is 0 Å². The summed E-state index contributed by atoms with van der Waals surface area (Å²) in [5.41, 5.74) is 0.684.